The molecule has 42 heavy (non-hydrogen) atoms. The molecule has 0 atom stereocenters. The van der Waals surface area contributed by atoms with Gasteiger partial charge in [0.15, 0.2) is 0 Å². The van der Waals surface area contributed by atoms with Crippen molar-refractivity contribution in [3.63, 3.8) is 0 Å². The van der Waals surface area contributed by atoms with Gasteiger partial charge in [0.05, 0.1) is 72.7 Å². The molecule has 244 valence electrons. The van der Waals surface area contributed by atoms with Gasteiger partial charge in [-0.1, -0.05) is 25.0 Å². The fraction of sp³-hybridized carbons (Fsp3) is 0.724. The predicted octanol–water partition coefficient (Wildman–Crippen LogP) is 2.70. The number of rotatable bonds is 29. The van der Waals surface area contributed by atoms with Gasteiger partial charge in [0, 0.05) is 44.1 Å². The van der Waals surface area contributed by atoms with Crippen LogP contribution in [0.25, 0.3) is 0 Å². The Morgan fingerprint density at radius 3 is 1.90 bits per heavy atom. The van der Waals surface area contributed by atoms with Crippen molar-refractivity contribution in [2.75, 3.05) is 98.3 Å². The van der Waals surface area contributed by atoms with E-state index in [-0.39, 0.29) is 30.6 Å². The first-order valence-electron chi connectivity index (χ1n) is 14.5. The lowest BCUT2D eigenvalue weighted by Crippen LogP contribution is -2.28. The number of ether oxygens (including phenoxy) is 6. The van der Waals surface area contributed by atoms with Crippen LogP contribution in [0.2, 0.25) is 0 Å². The van der Waals surface area contributed by atoms with Crippen molar-refractivity contribution in [1.82, 2.24) is 10.6 Å². The smallest absolute Gasteiger partial charge is 0.251 e. The second-order valence-corrected chi connectivity index (χ2v) is 9.43. The number of hydrogen-bond donors (Lipinski definition) is 3. The summed E-state index contributed by atoms with van der Waals surface area (Å²) < 4.78 is 32.4. The van der Waals surface area contributed by atoms with E-state index in [1.807, 2.05) is 6.07 Å². The SMILES string of the molecule is Cl.NCCOCCOCCOCCOCCC(=O)NCc1cccc(C(=O)NCCOCCOCCCCCCCl)c1. The highest BCUT2D eigenvalue weighted by molar-refractivity contribution is 6.17. The quantitative estimate of drug-likeness (QED) is 0.0891. The third kappa shape index (κ3) is 25.0. The lowest BCUT2D eigenvalue weighted by Gasteiger charge is -2.09. The Labute approximate surface area is 262 Å². The first-order valence-corrected chi connectivity index (χ1v) is 15.1. The number of amides is 2. The fourth-order valence-electron chi connectivity index (χ4n) is 3.43. The van der Waals surface area contributed by atoms with Crippen molar-refractivity contribution < 1.29 is 38.0 Å². The second-order valence-electron chi connectivity index (χ2n) is 9.05. The highest BCUT2D eigenvalue weighted by atomic mass is 35.5. The lowest BCUT2D eigenvalue weighted by molar-refractivity contribution is -0.122. The second kappa shape index (κ2) is 30.9. The molecule has 0 aromatic heterocycles. The molecule has 1 aromatic carbocycles. The van der Waals surface area contributed by atoms with Gasteiger partial charge in [0.25, 0.3) is 5.91 Å². The Kier molecular flexibility index (Phi) is 29.8. The normalized spacial score (nSPS) is 10.8. The van der Waals surface area contributed by atoms with Crippen LogP contribution in [0.5, 0.6) is 0 Å². The molecule has 11 nitrogen and oxygen atoms in total. The van der Waals surface area contributed by atoms with Crippen molar-refractivity contribution in [3.8, 4) is 0 Å². The lowest BCUT2D eigenvalue weighted by atomic mass is 10.1. The summed E-state index contributed by atoms with van der Waals surface area (Å²) in [5.41, 5.74) is 6.70. The largest absolute Gasteiger partial charge is 0.379 e. The van der Waals surface area contributed by atoms with Crippen LogP contribution in [-0.4, -0.2) is 110 Å². The summed E-state index contributed by atoms with van der Waals surface area (Å²) in [5, 5.41) is 5.69. The van der Waals surface area contributed by atoms with E-state index >= 15 is 0 Å². The Hall–Kier alpha value is -1.54. The maximum absolute atomic E-state index is 12.4. The van der Waals surface area contributed by atoms with Crippen LogP contribution in [0.3, 0.4) is 0 Å². The summed E-state index contributed by atoms with van der Waals surface area (Å²) in [6.45, 7) is 7.07. The molecule has 0 fully saturated rings. The van der Waals surface area contributed by atoms with Gasteiger partial charge in [0.2, 0.25) is 5.91 Å². The van der Waals surface area contributed by atoms with E-state index in [1.165, 1.54) is 0 Å². The minimum Gasteiger partial charge on any atom is -0.379 e. The van der Waals surface area contributed by atoms with Gasteiger partial charge < -0.3 is 44.8 Å². The number of alkyl halides is 1. The van der Waals surface area contributed by atoms with Crippen LogP contribution in [0, 0.1) is 0 Å². The van der Waals surface area contributed by atoms with E-state index in [1.54, 1.807) is 18.2 Å². The van der Waals surface area contributed by atoms with Gasteiger partial charge in [-0.15, -0.1) is 24.0 Å². The van der Waals surface area contributed by atoms with Crippen LogP contribution in [-0.2, 0) is 39.8 Å². The zero-order valence-electron chi connectivity index (χ0n) is 24.8. The first-order chi connectivity index (χ1) is 20.2. The average molecular weight is 641 g/mol. The Morgan fingerprint density at radius 2 is 1.26 bits per heavy atom. The van der Waals surface area contributed by atoms with E-state index in [0.717, 1.165) is 43.7 Å². The zero-order valence-corrected chi connectivity index (χ0v) is 26.4. The van der Waals surface area contributed by atoms with Crippen molar-refractivity contribution in [1.29, 1.82) is 0 Å². The van der Waals surface area contributed by atoms with Crippen LogP contribution in [0.4, 0.5) is 0 Å². The molecular weight excluding hydrogens is 589 g/mol. The molecule has 4 N–H and O–H groups in total. The zero-order chi connectivity index (χ0) is 29.6. The van der Waals surface area contributed by atoms with E-state index in [9.17, 15) is 9.59 Å². The number of nitrogens with one attached hydrogen (secondary N) is 2. The van der Waals surface area contributed by atoms with Gasteiger partial charge in [0.1, 0.15) is 0 Å². The van der Waals surface area contributed by atoms with Crippen LogP contribution >= 0.6 is 24.0 Å². The van der Waals surface area contributed by atoms with Gasteiger partial charge in [-0.3, -0.25) is 9.59 Å². The summed E-state index contributed by atoms with van der Waals surface area (Å²) in [5.74, 6) is 0.405. The molecule has 0 aliphatic rings. The van der Waals surface area contributed by atoms with Crippen molar-refractivity contribution in [2.45, 2.75) is 38.6 Å². The van der Waals surface area contributed by atoms with Gasteiger partial charge in [-0.25, -0.2) is 0 Å². The van der Waals surface area contributed by atoms with Crippen LogP contribution in [0.15, 0.2) is 24.3 Å². The Balaban J connectivity index is 0.0000168. The maximum atomic E-state index is 12.4. The van der Waals surface area contributed by atoms with Crippen molar-refractivity contribution in [2.24, 2.45) is 5.73 Å². The number of unbranched alkanes of at least 4 members (excludes halogenated alkanes) is 3. The molecule has 0 aliphatic heterocycles. The topological polar surface area (TPSA) is 140 Å². The van der Waals surface area contributed by atoms with Crippen LogP contribution in [0.1, 0.15) is 48.0 Å². The third-order valence-corrected chi connectivity index (χ3v) is 5.87. The molecule has 0 saturated carbocycles. The number of hydrogen-bond acceptors (Lipinski definition) is 9. The van der Waals surface area contributed by atoms with E-state index in [4.69, 9.17) is 45.8 Å². The molecule has 0 spiro atoms. The Morgan fingerprint density at radius 1 is 0.690 bits per heavy atom. The van der Waals surface area contributed by atoms with Crippen molar-refractivity contribution in [3.05, 3.63) is 35.4 Å². The molecule has 0 radical (unpaired) electrons. The molecule has 0 heterocycles. The summed E-state index contributed by atoms with van der Waals surface area (Å²) in [6, 6.07) is 7.16. The number of carbonyl (C=O) groups excluding carboxylic acids is 2. The third-order valence-electron chi connectivity index (χ3n) is 5.61. The first kappa shape index (κ1) is 40.5. The van der Waals surface area contributed by atoms with Gasteiger partial charge in [-0.2, -0.15) is 0 Å². The number of halogens is 2. The standard InChI is InChI=1S/C29H50ClN3O8.ClH/c30-9-3-1-2-4-12-36-16-19-39-15-11-32-29(35)27-7-5-6-26(24-27)25-33-28(34)8-13-37-17-20-40-22-23-41-21-18-38-14-10-31;/h5-7,24H,1-4,8-23,25,31H2,(H,32,35)(H,33,34);1H. The summed E-state index contributed by atoms with van der Waals surface area (Å²) in [6.07, 6.45) is 4.60. The highest BCUT2D eigenvalue weighted by Gasteiger charge is 2.07. The predicted molar refractivity (Wildman–Crippen MR) is 166 cm³/mol. The Bertz CT molecular complexity index is 780. The highest BCUT2D eigenvalue weighted by Crippen LogP contribution is 2.05. The molecule has 1 aromatic rings. The number of nitrogens with two attached hydrogens (primary N) is 1. The minimum absolute atomic E-state index is 0. The number of benzene rings is 1. The monoisotopic (exact) mass is 639 g/mol. The maximum Gasteiger partial charge on any atom is 0.251 e. The van der Waals surface area contributed by atoms with E-state index in [2.05, 4.69) is 10.6 Å². The molecule has 0 bridgehead atoms. The molecule has 1 rings (SSSR count). The molecular formula is C29H51Cl2N3O8. The van der Waals surface area contributed by atoms with E-state index in [0.29, 0.717) is 97.9 Å². The summed E-state index contributed by atoms with van der Waals surface area (Å²) in [7, 11) is 0. The summed E-state index contributed by atoms with van der Waals surface area (Å²) in [4.78, 5) is 24.6. The molecule has 0 aliphatic carbocycles. The van der Waals surface area contributed by atoms with Gasteiger partial charge in [-0.05, 0) is 30.5 Å². The van der Waals surface area contributed by atoms with Gasteiger partial charge >= 0.3 is 0 Å². The summed E-state index contributed by atoms with van der Waals surface area (Å²) >= 11 is 5.65. The van der Waals surface area contributed by atoms with Crippen molar-refractivity contribution >= 4 is 35.8 Å². The van der Waals surface area contributed by atoms with E-state index < -0.39 is 0 Å². The molecule has 0 unspecified atom stereocenters. The molecule has 2 amide bonds. The van der Waals surface area contributed by atoms with Crippen LogP contribution < -0.4 is 16.4 Å². The fourth-order valence-corrected chi connectivity index (χ4v) is 3.62. The number of carbonyl (C=O) groups is 2. The molecule has 0 saturated heterocycles. The average Bonchev–Trinajstić information content (AvgIpc) is 2.99. The minimum atomic E-state index is -0.186. The molecule has 13 heteroatoms.